The summed E-state index contributed by atoms with van der Waals surface area (Å²) in [5, 5.41) is 11.3. The van der Waals surface area contributed by atoms with Crippen LogP contribution in [0.25, 0.3) is 0 Å². The molecule has 7 heteroatoms. The van der Waals surface area contributed by atoms with Crippen molar-refractivity contribution < 1.29 is 18.3 Å². The number of rotatable bonds is 5. The Morgan fingerprint density at radius 3 is 2.67 bits per heavy atom. The summed E-state index contributed by atoms with van der Waals surface area (Å²) in [4.78, 5) is 12.2. The molecule has 6 nitrogen and oxygen atoms in total. The molecule has 2 rings (SSSR count). The summed E-state index contributed by atoms with van der Waals surface area (Å²) in [5.41, 5.74) is 0.979. The Hall–Kier alpha value is -1.44. The normalized spacial score (nSPS) is 19.6. The molecule has 21 heavy (non-hydrogen) atoms. The van der Waals surface area contributed by atoms with Crippen molar-refractivity contribution in [1.29, 1.82) is 0 Å². The predicted octanol–water partition coefficient (Wildman–Crippen LogP) is 0.257. The van der Waals surface area contributed by atoms with Gasteiger partial charge in [0.1, 0.15) is 6.04 Å². The standard InChI is InChI=1S/C14H20N2O4S/c1-11-4-6-12(7-5-11)21(19,20)16-9-2-3-13(16)14(18)15-8-10-17/h4-7,13,17H,2-3,8-10H2,1H3,(H,15,18)/t13-/m0/s1. The molecule has 1 aromatic rings. The van der Waals surface area contributed by atoms with Gasteiger partial charge in [-0.2, -0.15) is 4.31 Å². The predicted molar refractivity (Wildman–Crippen MR) is 78.2 cm³/mol. The first-order valence-electron chi connectivity index (χ1n) is 6.94. The number of amides is 1. The molecule has 1 aliphatic heterocycles. The van der Waals surface area contributed by atoms with Crippen LogP contribution in [-0.4, -0.2) is 49.5 Å². The third-order valence-electron chi connectivity index (χ3n) is 3.54. The fourth-order valence-corrected chi connectivity index (χ4v) is 4.09. The molecule has 1 amide bonds. The minimum absolute atomic E-state index is 0.133. The smallest absolute Gasteiger partial charge is 0.243 e. The highest BCUT2D eigenvalue weighted by Gasteiger charge is 2.39. The van der Waals surface area contributed by atoms with Gasteiger partial charge in [-0.05, 0) is 31.9 Å². The van der Waals surface area contributed by atoms with E-state index in [1.54, 1.807) is 24.3 Å². The van der Waals surface area contributed by atoms with Crippen LogP contribution in [0.2, 0.25) is 0 Å². The number of carbonyl (C=O) groups is 1. The third-order valence-corrected chi connectivity index (χ3v) is 5.47. The van der Waals surface area contributed by atoms with Crippen LogP contribution in [0.15, 0.2) is 29.2 Å². The van der Waals surface area contributed by atoms with E-state index in [1.807, 2.05) is 6.92 Å². The molecular formula is C14H20N2O4S. The molecular weight excluding hydrogens is 292 g/mol. The van der Waals surface area contributed by atoms with Crippen molar-refractivity contribution in [3.05, 3.63) is 29.8 Å². The van der Waals surface area contributed by atoms with Gasteiger partial charge in [-0.25, -0.2) is 8.42 Å². The zero-order chi connectivity index (χ0) is 15.5. The average molecular weight is 312 g/mol. The number of aliphatic hydroxyl groups excluding tert-OH is 1. The lowest BCUT2D eigenvalue weighted by Gasteiger charge is -2.23. The van der Waals surface area contributed by atoms with Crippen LogP contribution in [0.1, 0.15) is 18.4 Å². The summed E-state index contributed by atoms with van der Waals surface area (Å²) < 4.78 is 26.5. The van der Waals surface area contributed by atoms with Gasteiger partial charge in [-0.3, -0.25) is 4.79 Å². The van der Waals surface area contributed by atoms with Gasteiger partial charge < -0.3 is 10.4 Å². The number of aryl methyl sites for hydroxylation is 1. The maximum atomic E-state index is 12.6. The van der Waals surface area contributed by atoms with E-state index in [-0.39, 0.29) is 24.0 Å². The lowest BCUT2D eigenvalue weighted by atomic mass is 10.2. The highest BCUT2D eigenvalue weighted by atomic mass is 32.2. The molecule has 1 aromatic carbocycles. The van der Waals surface area contributed by atoms with E-state index in [0.29, 0.717) is 19.4 Å². The number of aliphatic hydroxyl groups is 1. The minimum Gasteiger partial charge on any atom is -0.395 e. The summed E-state index contributed by atoms with van der Waals surface area (Å²) in [5.74, 6) is -0.350. The van der Waals surface area contributed by atoms with Crippen molar-refractivity contribution in [2.75, 3.05) is 19.7 Å². The van der Waals surface area contributed by atoms with Crippen molar-refractivity contribution in [2.24, 2.45) is 0 Å². The maximum absolute atomic E-state index is 12.6. The number of benzene rings is 1. The summed E-state index contributed by atoms with van der Waals surface area (Å²) >= 11 is 0. The van der Waals surface area contributed by atoms with Gasteiger partial charge in [-0.1, -0.05) is 17.7 Å². The number of hydrogen-bond donors (Lipinski definition) is 2. The molecule has 1 atom stereocenters. The molecule has 0 aromatic heterocycles. The van der Waals surface area contributed by atoms with E-state index in [0.717, 1.165) is 5.56 Å². The molecule has 2 N–H and O–H groups in total. The highest BCUT2D eigenvalue weighted by molar-refractivity contribution is 7.89. The summed E-state index contributed by atoms with van der Waals surface area (Å²) in [6.07, 6.45) is 1.16. The van der Waals surface area contributed by atoms with E-state index in [9.17, 15) is 13.2 Å². The maximum Gasteiger partial charge on any atom is 0.243 e. The largest absolute Gasteiger partial charge is 0.395 e. The molecule has 0 spiro atoms. The Labute approximate surface area is 124 Å². The van der Waals surface area contributed by atoms with Crippen LogP contribution in [-0.2, 0) is 14.8 Å². The lowest BCUT2D eigenvalue weighted by Crippen LogP contribution is -2.46. The van der Waals surface area contributed by atoms with E-state index < -0.39 is 16.1 Å². The molecule has 116 valence electrons. The number of nitrogens with zero attached hydrogens (tertiary/aromatic N) is 1. The van der Waals surface area contributed by atoms with Gasteiger partial charge >= 0.3 is 0 Å². The first-order valence-corrected chi connectivity index (χ1v) is 8.38. The number of nitrogens with one attached hydrogen (secondary N) is 1. The van der Waals surface area contributed by atoms with Crippen LogP contribution in [0, 0.1) is 6.92 Å². The Morgan fingerprint density at radius 2 is 2.05 bits per heavy atom. The van der Waals surface area contributed by atoms with Gasteiger partial charge in [0.2, 0.25) is 15.9 Å². The first-order chi connectivity index (χ1) is 9.96. The number of sulfonamides is 1. The first kappa shape index (κ1) is 15.9. The summed E-state index contributed by atoms with van der Waals surface area (Å²) in [6, 6.07) is 5.91. The molecule has 1 heterocycles. The second-order valence-electron chi connectivity index (χ2n) is 5.10. The fraction of sp³-hybridized carbons (Fsp3) is 0.500. The van der Waals surface area contributed by atoms with Crippen LogP contribution >= 0.6 is 0 Å². The Kier molecular flexibility index (Phi) is 4.97. The SMILES string of the molecule is Cc1ccc(S(=O)(=O)N2CCC[C@H]2C(=O)NCCO)cc1. The van der Waals surface area contributed by atoms with E-state index >= 15 is 0 Å². The highest BCUT2D eigenvalue weighted by Crippen LogP contribution is 2.26. The van der Waals surface area contributed by atoms with Crippen molar-refractivity contribution in [1.82, 2.24) is 9.62 Å². The molecule has 0 saturated carbocycles. The van der Waals surface area contributed by atoms with Gasteiger partial charge in [0.15, 0.2) is 0 Å². The Balaban J connectivity index is 2.22. The Bertz CT molecular complexity index is 598. The van der Waals surface area contributed by atoms with Crippen LogP contribution in [0.4, 0.5) is 0 Å². The zero-order valence-electron chi connectivity index (χ0n) is 11.9. The molecule has 0 unspecified atom stereocenters. The van der Waals surface area contributed by atoms with Crippen molar-refractivity contribution >= 4 is 15.9 Å². The van der Waals surface area contributed by atoms with Gasteiger partial charge in [0.05, 0.1) is 11.5 Å². The monoisotopic (exact) mass is 312 g/mol. The van der Waals surface area contributed by atoms with Crippen LogP contribution < -0.4 is 5.32 Å². The van der Waals surface area contributed by atoms with Crippen molar-refractivity contribution in [3.8, 4) is 0 Å². The summed E-state index contributed by atoms with van der Waals surface area (Å²) in [6.45, 7) is 2.20. The minimum atomic E-state index is -3.66. The van der Waals surface area contributed by atoms with Gasteiger partial charge in [0.25, 0.3) is 0 Å². The van der Waals surface area contributed by atoms with Crippen molar-refractivity contribution in [2.45, 2.75) is 30.7 Å². The lowest BCUT2D eigenvalue weighted by molar-refractivity contribution is -0.124. The van der Waals surface area contributed by atoms with E-state index in [2.05, 4.69) is 5.32 Å². The number of hydrogen-bond acceptors (Lipinski definition) is 4. The van der Waals surface area contributed by atoms with Gasteiger partial charge in [0, 0.05) is 13.1 Å². The van der Waals surface area contributed by atoms with E-state index in [4.69, 9.17) is 5.11 Å². The third kappa shape index (κ3) is 3.42. The molecule has 0 aliphatic carbocycles. The average Bonchev–Trinajstić information content (AvgIpc) is 2.95. The molecule has 1 aliphatic rings. The Morgan fingerprint density at radius 1 is 1.38 bits per heavy atom. The molecule has 0 radical (unpaired) electrons. The zero-order valence-corrected chi connectivity index (χ0v) is 12.8. The van der Waals surface area contributed by atoms with Gasteiger partial charge in [-0.15, -0.1) is 0 Å². The molecule has 0 bridgehead atoms. The second-order valence-corrected chi connectivity index (χ2v) is 6.99. The molecule has 1 fully saturated rings. The topological polar surface area (TPSA) is 86.7 Å². The fourth-order valence-electron chi connectivity index (χ4n) is 2.43. The van der Waals surface area contributed by atoms with Crippen LogP contribution in [0.5, 0.6) is 0 Å². The second kappa shape index (κ2) is 6.55. The van der Waals surface area contributed by atoms with Crippen molar-refractivity contribution in [3.63, 3.8) is 0 Å². The molecule has 1 saturated heterocycles. The summed E-state index contributed by atoms with van der Waals surface area (Å²) in [7, 11) is -3.66. The quantitative estimate of drug-likeness (QED) is 0.816. The van der Waals surface area contributed by atoms with E-state index in [1.165, 1.54) is 4.31 Å². The van der Waals surface area contributed by atoms with Crippen LogP contribution in [0.3, 0.4) is 0 Å². The number of carbonyl (C=O) groups excluding carboxylic acids is 1.